The van der Waals surface area contributed by atoms with Crippen molar-refractivity contribution in [3.63, 3.8) is 0 Å². The maximum absolute atomic E-state index is 11.2. The molecule has 1 rings (SSSR count). The van der Waals surface area contributed by atoms with Crippen molar-refractivity contribution in [2.75, 3.05) is 5.32 Å². The first-order valence-corrected chi connectivity index (χ1v) is 5.70. The number of carbonyl (C=O) groups is 1. The number of nitrogens with one attached hydrogen (secondary N) is 1. The molecule has 0 unspecified atom stereocenters. The summed E-state index contributed by atoms with van der Waals surface area (Å²) in [6, 6.07) is 0. The average molecular weight is 213 g/mol. The standard InChI is InChI=1S/C9H15N3OS/c1-3-5-7(13)10-9-12-11-8(14-9)6-4-2/h3-6H2,1-2H3,(H,10,12,13). The number of carbonyl (C=O) groups excluding carboxylic acids is 1. The van der Waals surface area contributed by atoms with E-state index in [2.05, 4.69) is 22.4 Å². The highest BCUT2D eigenvalue weighted by atomic mass is 32.1. The van der Waals surface area contributed by atoms with Gasteiger partial charge in [0.05, 0.1) is 0 Å². The molecule has 1 N–H and O–H groups in total. The first-order chi connectivity index (χ1) is 6.76. The highest BCUT2D eigenvalue weighted by Gasteiger charge is 2.06. The van der Waals surface area contributed by atoms with E-state index >= 15 is 0 Å². The number of anilines is 1. The lowest BCUT2D eigenvalue weighted by Crippen LogP contribution is -2.10. The lowest BCUT2D eigenvalue weighted by molar-refractivity contribution is -0.116. The molecule has 0 aliphatic carbocycles. The first-order valence-electron chi connectivity index (χ1n) is 4.88. The van der Waals surface area contributed by atoms with Crippen molar-refractivity contribution in [2.45, 2.75) is 39.5 Å². The van der Waals surface area contributed by atoms with Crippen molar-refractivity contribution < 1.29 is 4.79 Å². The summed E-state index contributed by atoms with van der Waals surface area (Å²) in [5.74, 6) is 0.0201. The molecule has 0 bridgehead atoms. The third kappa shape index (κ3) is 3.41. The smallest absolute Gasteiger partial charge is 0.226 e. The topological polar surface area (TPSA) is 54.9 Å². The second-order valence-corrected chi connectivity index (χ2v) is 4.11. The molecule has 1 amide bonds. The Hall–Kier alpha value is -0.970. The van der Waals surface area contributed by atoms with Crippen LogP contribution < -0.4 is 5.32 Å². The Balaban J connectivity index is 2.46. The van der Waals surface area contributed by atoms with E-state index < -0.39 is 0 Å². The molecule has 0 saturated carbocycles. The van der Waals surface area contributed by atoms with Gasteiger partial charge in [0, 0.05) is 12.8 Å². The molecule has 0 fully saturated rings. The number of aromatic nitrogens is 2. The molecule has 5 heteroatoms. The molecular formula is C9H15N3OS. The van der Waals surface area contributed by atoms with Gasteiger partial charge in [-0.25, -0.2) is 0 Å². The van der Waals surface area contributed by atoms with Crippen LogP contribution in [0, 0.1) is 0 Å². The zero-order valence-corrected chi connectivity index (χ0v) is 9.36. The number of hydrogen-bond donors (Lipinski definition) is 1. The highest BCUT2D eigenvalue weighted by molar-refractivity contribution is 7.15. The predicted octanol–water partition coefficient (Wildman–Crippen LogP) is 2.23. The first kappa shape index (κ1) is 11.1. The van der Waals surface area contributed by atoms with E-state index in [1.54, 1.807) is 0 Å². The van der Waals surface area contributed by atoms with Gasteiger partial charge in [-0.1, -0.05) is 25.2 Å². The van der Waals surface area contributed by atoms with E-state index in [9.17, 15) is 4.79 Å². The van der Waals surface area contributed by atoms with Crippen LogP contribution in [-0.4, -0.2) is 16.1 Å². The minimum absolute atomic E-state index is 0.0201. The van der Waals surface area contributed by atoms with Gasteiger partial charge in [-0.2, -0.15) is 0 Å². The Bertz CT molecular complexity index is 298. The highest BCUT2D eigenvalue weighted by Crippen LogP contribution is 2.16. The Labute approximate surface area is 87.7 Å². The average Bonchev–Trinajstić information content (AvgIpc) is 2.53. The van der Waals surface area contributed by atoms with Gasteiger partial charge in [-0.15, -0.1) is 10.2 Å². The second kappa shape index (κ2) is 5.70. The molecule has 1 aromatic rings. The zero-order valence-electron chi connectivity index (χ0n) is 8.54. The summed E-state index contributed by atoms with van der Waals surface area (Å²) in [4.78, 5) is 11.2. The van der Waals surface area contributed by atoms with Crippen LogP contribution in [-0.2, 0) is 11.2 Å². The molecule has 78 valence electrons. The lowest BCUT2D eigenvalue weighted by atomic mass is 10.3. The van der Waals surface area contributed by atoms with Crippen LogP contribution >= 0.6 is 11.3 Å². The Morgan fingerprint density at radius 1 is 1.36 bits per heavy atom. The van der Waals surface area contributed by atoms with E-state index in [0.717, 1.165) is 24.3 Å². The van der Waals surface area contributed by atoms with Gasteiger partial charge in [0.2, 0.25) is 11.0 Å². The monoisotopic (exact) mass is 213 g/mol. The fourth-order valence-electron chi connectivity index (χ4n) is 1.03. The summed E-state index contributed by atoms with van der Waals surface area (Å²) in [7, 11) is 0. The SMILES string of the molecule is CCCC(=O)Nc1nnc(CCC)s1. The molecular weight excluding hydrogens is 198 g/mol. The molecule has 0 atom stereocenters. The van der Waals surface area contributed by atoms with Gasteiger partial charge < -0.3 is 5.32 Å². The summed E-state index contributed by atoms with van der Waals surface area (Å²) >= 11 is 1.46. The molecule has 0 aliphatic heterocycles. The fraction of sp³-hybridized carbons (Fsp3) is 0.667. The maximum atomic E-state index is 11.2. The van der Waals surface area contributed by atoms with E-state index in [1.807, 2.05) is 6.92 Å². The Morgan fingerprint density at radius 2 is 2.14 bits per heavy atom. The van der Waals surface area contributed by atoms with Gasteiger partial charge in [0.15, 0.2) is 0 Å². The minimum atomic E-state index is 0.0201. The largest absolute Gasteiger partial charge is 0.301 e. The van der Waals surface area contributed by atoms with Gasteiger partial charge in [-0.3, -0.25) is 4.79 Å². The van der Waals surface area contributed by atoms with E-state index in [-0.39, 0.29) is 5.91 Å². The molecule has 0 aliphatic rings. The minimum Gasteiger partial charge on any atom is -0.301 e. The Morgan fingerprint density at radius 3 is 2.79 bits per heavy atom. The summed E-state index contributed by atoms with van der Waals surface area (Å²) < 4.78 is 0. The summed E-state index contributed by atoms with van der Waals surface area (Å²) in [6.45, 7) is 4.07. The van der Waals surface area contributed by atoms with Crippen LogP contribution in [0.5, 0.6) is 0 Å². The lowest BCUT2D eigenvalue weighted by Gasteiger charge is -1.96. The number of amides is 1. The van der Waals surface area contributed by atoms with Crippen LogP contribution in [0.4, 0.5) is 5.13 Å². The molecule has 14 heavy (non-hydrogen) atoms. The second-order valence-electron chi connectivity index (χ2n) is 3.05. The molecule has 1 heterocycles. The molecule has 0 saturated heterocycles. The third-order valence-corrected chi connectivity index (χ3v) is 2.55. The van der Waals surface area contributed by atoms with Gasteiger partial charge in [-0.05, 0) is 12.8 Å². The van der Waals surface area contributed by atoms with Gasteiger partial charge in [0.25, 0.3) is 0 Å². The zero-order chi connectivity index (χ0) is 10.4. The normalized spacial score (nSPS) is 10.1. The van der Waals surface area contributed by atoms with Crippen molar-refractivity contribution in [1.29, 1.82) is 0 Å². The number of rotatable bonds is 5. The van der Waals surface area contributed by atoms with Crippen LogP contribution in [0.25, 0.3) is 0 Å². The van der Waals surface area contributed by atoms with Crippen LogP contribution in [0.1, 0.15) is 38.1 Å². The van der Waals surface area contributed by atoms with E-state index in [4.69, 9.17) is 0 Å². The fourth-order valence-corrected chi connectivity index (χ4v) is 1.89. The number of aryl methyl sites for hydroxylation is 1. The van der Waals surface area contributed by atoms with Crippen molar-refractivity contribution in [1.82, 2.24) is 10.2 Å². The molecule has 0 spiro atoms. The van der Waals surface area contributed by atoms with E-state index in [1.165, 1.54) is 11.3 Å². The maximum Gasteiger partial charge on any atom is 0.226 e. The van der Waals surface area contributed by atoms with Crippen LogP contribution in [0.3, 0.4) is 0 Å². The Kier molecular flexibility index (Phi) is 4.52. The van der Waals surface area contributed by atoms with Gasteiger partial charge in [0.1, 0.15) is 5.01 Å². The van der Waals surface area contributed by atoms with Crippen molar-refractivity contribution >= 4 is 22.4 Å². The van der Waals surface area contributed by atoms with Crippen molar-refractivity contribution in [3.05, 3.63) is 5.01 Å². The van der Waals surface area contributed by atoms with Crippen LogP contribution in [0.2, 0.25) is 0 Å². The molecule has 4 nitrogen and oxygen atoms in total. The van der Waals surface area contributed by atoms with Crippen LogP contribution in [0.15, 0.2) is 0 Å². The summed E-state index contributed by atoms with van der Waals surface area (Å²) in [5.41, 5.74) is 0. The number of hydrogen-bond acceptors (Lipinski definition) is 4. The summed E-state index contributed by atoms with van der Waals surface area (Å²) in [5, 5.41) is 12.2. The molecule has 1 aromatic heterocycles. The van der Waals surface area contributed by atoms with E-state index in [0.29, 0.717) is 11.6 Å². The number of nitrogens with zero attached hydrogens (tertiary/aromatic N) is 2. The third-order valence-electron chi connectivity index (χ3n) is 1.65. The summed E-state index contributed by atoms with van der Waals surface area (Å²) in [6.07, 6.45) is 3.38. The predicted molar refractivity (Wildman–Crippen MR) is 57.4 cm³/mol. The van der Waals surface area contributed by atoms with Crippen molar-refractivity contribution in [2.24, 2.45) is 0 Å². The van der Waals surface area contributed by atoms with Crippen molar-refractivity contribution in [3.8, 4) is 0 Å². The molecule has 0 radical (unpaired) electrons. The molecule has 0 aromatic carbocycles. The van der Waals surface area contributed by atoms with Gasteiger partial charge >= 0.3 is 0 Å². The quantitative estimate of drug-likeness (QED) is 0.816.